The van der Waals surface area contributed by atoms with Gasteiger partial charge in [-0.15, -0.1) is 0 Å². The van der Waals surface area contributed by atoms with Crippen molar-refractivity contribution >= 4 is 0 Å². The van der Waals surface area contributed by atoms with Crippen molar-refractivity contribution in [1.29, 1.82) is 5.26 Å². The maximum atomic E-state index is 8.67. The lowest BCUT2D eigenvalue weighted by molar-refractivity contribution is 0.110. The fraction of sp³-hybridized carbons (Fsp3) is 0.462. The maximum Gasteiger partial charge on any atom is 0.0991 e. The summed E-state index contributed by atoms with van der Waals surface area (Å²) in [4.78, 5) is 0. The third-order valence-corrected chi connectivity index (χ3v) is 2.81. The van der Waals surface area contributed by atoms with Gasteiger partial charge in [0.05, 0.1) is 17.7 Å². The molecule has 1 aromatic rings. The summed E-state index contributed by atoms with van der Waals surface area (Å²) < 4.78 is 5.52. The first-order valence-electron chi connectivity index (χ1n) is 5.70. The lowest BCUT2D eigenvalue weighted by atomic mass is 10.1. The summed E-state index contributed by atoms with van der Waals surface area (Å²) in [5.41, 5.74) is 1.92. The predicted molar refractivity (Wildman–Crippen MR) is 61.8 cm³/mol. The summed E-state index contributed by atoms with van der Waals surface area (Å²) in [6.07, 6.45) is 2.74. The van der Waals surface area contributed by atoms with Crippen LogP contribution in [0.15, 0.2) is 24.3 Å². The van der Waals surface area contributed by atoms with E-state index in [1.807, 2.05) is 24.3 Å². The van der Waals surface area contributed by atoms with Crippen LogP contribution in [0.3, 0.4) is 0 Å². The van der Waals surface area contributed by atoms with Gasteiger partial charge in [0.25, 0.3) is 0 Å². The van der Waals surface area contributed by atoms with Gasteiger partial charge in [-0.25, -0.2) is 0 Å². The molecule has 0 spiro atoms. The number of nitriles is 1. The maximum absolute atomic E-state index is 8.67. The van der Waals surface area contributed by atoms with Crippen molar-refractivity contribution < 1.29 is 4.74 Å². The van der Waals surface area contributed by atoms with Crippen molar-refractivity contribution in [3.05, 3.63) is 35.4 Å². The molecule has 1 N–H and O–H groups in total. The second kappa shape index (κ2) is 5.64. The van der Waals surface area contributed by atoms with Crippen molar-refractivity contribution in [1.82, 2.24) is 5.32 Å². The average Bonchev–Trinajstić information content (AvgIpc) is 2.83. The zero-order valence-corrected chi connectivity index (χ0v) is 9.28. The lowest BCUT2D eigenvalue weighted by Gasteiger charge is -2.10. The second-order valence-corrected chi connectivity index (χ2v) is 4.07. The van der Waals surface area contributed by atoms with Gasteiger partial charge < -0.3 is 10.1 Å². The largest absolute Gasteiger partial charge is 0.377 e. The molecule has 84 valence electrons. The average molecular weight is 216 g/mol. The molecule has 1 aliphatic heterocycles. The standard InChI is InChI=1S/C13H16N2O/c14-8-11-3-5-12(6-4-11)9-15-10-13-2-1-7-16-13/h3-6,13,15H,1-2,7,9-10H2/t13-/m0/s1. The van der Waals surface area contributed by atoms with Gasteiger partial charge in [0.2, 0.25) is 0 Å². The van der Waals surface area contributed by atoms with E-state index in [0.717, 1.165) is 19.7 Å². The number of hydrogen-bond donors (Lipinski definition) is 1. The van der Waals surface area contributed by atoms with Gasteiger partial charge in [0.15, 0.2) is 0 Å². The molecule has 1 aliphatic rings. The Kier molecular flexibility index (Phi) is 3.92. The molecule has 0 bridgehead atoms. The van der Waals surface area contributed by atoms with E-state index in [9.17, 15) is 0 Å². The molecular formula is C13H16N2O. The van der Waals surface area contributed by atoms with Gasteiger partial charge >= 0.3 is 0 Å². The topological polar surface area (TPSA) is 45.0 Å². The molecule has 1 heterocycles. The van der Waals surface area contributed by atoms with Crippen LogP contribution in [-0.2, 0) is 11.3 Å². The van der Waals surface area contributed by atoms with Gasteiger partial charge in [-0.1, -0.05) is 12.1 Å². The van der Waals surface area contributed by atoms with Crippen LogP contribution >= 0.6 is 0 Å². The van der Waals surface area contributed by atoms with Crippen LogP contribution in [0.1, 0.15) is 24.0 Å². The highest BCUT2D eigenvalue weighted by atomic mass is 16.5. The van der Waals surface area contributed by atoms with Crippen molar-refractivity contribution in [2.75, 3.05) is 13.2 Å². The minimum absolute atomic E-state index is 0.387. The first-order valence-corrected chi connectivity index (χ1v) is 5.70. The molecule has 3 nitrogen and oxygen atoms in total. The minimum Gasteiger partial charge on any atom is -0.377 e. The summed E-state index contributed by atoms with van der Waals surface area (Å²) in [7, 11) is 0. The van der Waals surface area contributed by atoms with Crippen LogP contribution in [0.25, 0.3) is 0 Å². The second-order valence-electron chi connectivity index (χ2n) is 4.07. The van der Waals surface area contributed by atoms with Crippen LogP contribution in [0.4, 0.5) is 0 Å². The first kappa shape index (κ1) is 11.1. The van der Waals surface area contributed by atoms with Crippen LogP contribution in [0, 0.1) is 11.3 Å². The summed E-state index contributed by atoms with van der Waals surface area (Å²) in [5, 5.41) is 12.0. The quantitative estimate of drug-likeness (QED) is 0.835. The Morgan fingerprint density at radius 1 is 1.38 bits per heavy atom. The van der Waals surface area contributed by atoms with E-state index in [2.05, 4.69) is 11.4 Å². The number of nitrogens with zero attached hydrogens (tertiary/aromatic N) is 1. The zero-order chi connectivity index (χ0) is 11.2. The van der Waals surface area contributed by atoms with E-state index in [1.165, 1.54) is 18.4 Å². The van der Waals surface area contributed by atoms with Crippen LogP contribution in [0.5, 0.6) is 0 Å². The van der Waals surface area contributed by atoms with Gasteiger partial charge in [0, 0.05) is 19.7 Å². The van der Waals surface area contributed by atoms with E-state index < -0.39 is 0 Å². The number of rotatable bonds is 4. The zero-order valence-electron chi connectivity index (χ0n) is 9.28. The molecule has 0 amide bonds. The molecule has 0 saturated carbocycles. The highest BCUT2D eigenvalue weighted by Gasteiger charge is 2.14. The van der Waals surface area contributed by atoms with E-state index in [0.29, 0.717) is 11.7 Å². The normalized spacial score (nSPS) is 19.6. The Bertz CT molecular complexity index is 361. The Morgan fingerprint density at radius 3 is 2.81 bits per heavy atom. The Balaban J connectivity index is 1.74. The Labute approximate surface area is 96.0 Å². The van der Waals surface area contributed by atoms with Gasteiger partial charge in [-0.3, -0.25) is 0 Å². The minimum atomic E-state index is 0.387. The fourth-order valence-corrected chi connectivity index (χ4v) is 1.88. The number of nitrogens with one attached hydrogen (secondary N) is 1. The van der Waals surface area contributed by atoms with Crippen LogP contribution in [0.2, 0.25) is 0 Å². The number of hydrogen-bond acceptors (Lipinski definition) is 3. The van der Waals surface area contributed by atoms with E-state index in [-0.39, 0.29) is 0 Å². The molecule has 0 aromatic heterocycles. The molecule has 1 atom stereocenters. The third kappa shape index (κ3) is 3.06. The number of ether oxygens (including phenoxy) is 1. The molecule has 0 aliphatic carbocycles. The molecule has 16 heavy (non-hydrogen) atoms. The number of benzene rings is 1. The monoisotopic (exact) mass is 216 g/mol. The van der Waals surface area contributed by atoms with Gasteiger partial charge in [0.1, 0.15) is 0 Å². The molecule has 0 radical (unpaired) electrons. The SMILES string of the molecule is N#Cc1ccc(CNC[C@@H]2CCCO2)cc1. The molecule has 3 heteroatoms. The van der Waals surface area contributed by atoms with Crippen molar-refractivity contribution in [3.63, 3.8) is 0 Å². The van der Waals surface area contributed by atoms with E-state index in [1.54, 1.807) is 0 Å². The highest BCUT2D eigenvalue weighted by molar-refractivity contribution is 5.31. The van der Waals surface area contributed by atoms with Gasteiger partial charge in [-0.2, -0.15) is 5.26 Å². The molecule has 1 fully saturated rings. The van der Waals surface area contributed by atoms with Crippen LogP contribution in [-0.4, -0.2) is 19.3 Å². The van der Waals surface area contributed by atoms with Crippen LogP contribution < -0.4 is 5.32 Å². The summed E-state index contributed by atoms with van der Waals surface area (Å²) in [5.74, 6) is 0. The lowest BCUT2D eigenvalue weighted by Crippen LogP contribution is -2.25. The van der Waals surface area contributed by atoms with Crippen molar-refractivity contribution in [3.8, 4) is 6.07 Å². The summed E-state index contributed by atoms with van der Waals surface area (Å²) in [6, 6.07) is 9.79. The molecule has 0 unspecified atom stereocenters. The van der Waals surface area contributed by atoms with Crippen molar-refractivity contribution in [2.24, 2.45) is 0 Å². The molecule has 2 rings (SSSR count). The predicted octanol–water partition coefficient (Wildman–Crippen LogP) is 1.83. The smallest absolute Gasteiger partial charge is 0.0991 e. The van der Waals surface area contributed by atoms with Gasteiger partial charge in [-0.05, 0) is 30.5 Å². The first-order chi connectivity index (χ1) is 7.88. The summed E-state index contributed by atoms with van der Waals surface area (Å²) >= 11 is 0. The molecule has 1 aromatic carbocycles. The third-order valence-electron chi connectivity index (χ3n) is 2.81. The van der Waals surface area contributed by atoms with E-state index in [4.69, 9.17) is 10.00 Å². The van der Waals surface area contributed by atoms with E-state index >= 15 is 0 Å². The Hall–Kier alpha value is -1.37. The van der Waals surface area contributed by atoms with Crippen molar-refractivity contribution in [2.45, 2.75) is 25.5 Å². The highest BCUT2D eigenvalue weighted by Crippen LogP contribution is 2.11. The fourth-order valence-electron chi connectivity index (χ4n) is 1.88. The summed E-state index contributed by atoms with van der Waals surface area (Å²) in [6.45, 7) is 2.66. The molecular weight excluding hydrogens is 200 g/mol. The Morgan fingerprint density at radius 2 is 2.19 bits per heavy atom. The molecule has 1 saturated heterocycles.